The van der Waals surface area contributed by atoms with Crippen molar-refractivity contribution in [3.8, 4) is 0 Å². The molecule has 0 bridgehead atoms. The summed E-state index contributed by atoms with van der Waals surface area (Å²) in [6.45, 7) is 1.25. The van der Waals surface area contributed by atoms with Gasteiger partial charge in [0.1, 0.15) is 11.9 Å². The maximum atomic E-state index is 13.0. The fourth-order valence-corrected chi connectivity index (χ4v) is 4.49. The summed E-state index contributed by atoms with van der Waals surface area (Å²) in [7, 11) is 0. The van der Waals surface area contributed by atoms with E-state index in [9.17, 15) is 14.4 Å². The van der Waals surface area contributed by atoms with E-state index in [4.69, 9.17) is 0 Å². The van der Waals surface area contributed by atoms with Gasteiger partial charge >= 0.3 is 0 Å². The summed E-state index contributed by atoms with van der Waals surface area (Å²) in [6, 6.07) is 11.9. The Morgan fingerprint density at radius 1 is 1.09 bits per heavy atom. The molecule has 2 unspecified atom stereocenters. The van der Waals surface area contributed by atoms with Gasteiger partial charge in [-0.25, -0.2) is 0 Å². The number of fused-ring (bicyclic) bond motifs is 2. The summed E-state index contributed by atoms with van der Waals surface area (Å²) in [5.74, 6) is 0.342. The predicted octanol–water partition coefficient (Wildman–Crippen LogP) is 1.97. The van der Waals surface area contributed by atoms with Gasteiger partial charge in [-0.1, -0.05) is 18.2 Å². The van der Waals surface area contributed by atoms with Gasteiger partial charge in [0, 0.05) is 31.6 Å². The van der Waals surface area contributed by atoms with Gasteiger partial charge in [-0.2, -0.15) is 0 Å². The van der Waals surface area contributed by atoms with Crippen molar-refractivity contribution in [2.45, 2.75) is 37.6 Å². The molecule has 4 heterocycles. The van der Waals surface area contributed by atoms with Crippen LogP contribution < -0.4 is 10.6 Å². The molecule has 1 aromatic carbocycles. The van der Waals surface area contributed by atoms with Gasteiger partial charge in [0.2, 0.25) is 11.8 Å². The van der Waals surface area contributed by atoms with Gasteiger partial charge in [-0.3, -0.25) is 18.8 Å². The first-order valence-corrected chi connectivity index (χ1v) is 10.9. The highest BCUT2D eigenvalue weighted by Gasteiger charge is 2.31. The largest absolute Gasteiger partial charge is 0.342 e. The molecule has 1 saturated heterocycles. The van der Waals surface area contributed by atoms with Gasteiger partial charge in [0.05, 0.1) is 11.3 Å². The van der Waals surface area contributed by atoms with Crippen LogP contribution in [0.3, 0.4) is 0 Å². The average molecular weight is 432 g/mol. The van der Waals surface area contributed by atoms with Crippen LogP contribution in [0.4, 0.5) is 5.69 Å². The molecule has 2 aliphatic rings. The number of carbonyl (C=O) groups excluding carboxylic acids is 3. The van der Waals surface area contributed by atoms with Crippen LogP contribution in [0.2, 0.25) is 0 Å². The fraction of sp³-hybridized carbons (Fsp3) is 0.348. The molecule has 2 atom stereocenters. The standard InChI is InChI=1S/C23H24N6O3/c30-20(11-10-18-23(32)24-17-8-2-1-7-16(17)22(31)25-18)28-12-5-6-15(14-28)21-27-26-19-9-3-4-13-29(19)21/h1-4,7-9,13,15,18H,5-6,10-12,14H2,(H,24,32)(H,25,31). The zero-order valence-corrected chi connectivity index (χ0v) is 17.5. The van der Waals surface area contributed by atoms with Crippen molar-refractivity contribution in [3.63, 3.8) is 0 Å². The van der Waals surface area contributed by atoms with Crippen LogP contribution >= 0.6 is 0 Å². The number of para-hydroxylation sites is 1. The van der Waals surface area contributed by atoms with Crippen LogP contribution in [0.15, 0.2) is 48.7 Å². The number of likely N-dealkylation sites (tertiary alicyclic amines) is 1. The molecular weight excluding hydrogens is 408 g/mol. The third-order valence-corrected chi connectivity index (χ3v) is 6.18. The van der Waals surface area contributed by atoms with Gasteiger partial charge in [-0.05, 0) is 43.5 Å². The van der Waals surface area contributed by atoms with E-state index >= 15 is 0 Å². The lowest BCUT2D eigenvalue weighted by atomic mass is 9.96. The van der Waals surface area contributed by atoms with E-state index in [1.54, 1.807) is 24.3 Å². The molecule has 3 amide bonds. The second-order valence-electron chi connectivity index (χ2n) is 8.27. The Hall–Kier alpha value is -3.75. The number of rotatable bonds is 4. The number of nitrogens with one attached hydrogen (secondary N) is 2. The quantitative estimate of drug-likeness (QED) is 0.655. The van der Waals surface area contributed by atoms with Crippen LogP contribution in [-0.2, 0) is 9.59 Å². The minimum atomic E-state index is -0.750. The number of hydrogen-bond acceptors (Lipinski definition) is 5. The maximum Gasteiger partial charge on any atom is 0.254 e. The van der Waals surface area contributed by atoms with Crippen molar-refractivity contribution in [1.82, 2.24) is 24.8 Å². The monoisotopic (exact) mass is 432 g/mol. The van der Waals surface area contributed by atoms with Crippen molar-refractivity contribution < 1.29 is 14.4 Å². The van der Waals surface area contributed by atoms with E-state index in [0.717, 1.165) is 24.3 Å². The molecule has 2 aromatic heterocycles. The Bertz CT molecular complexity index is 1190. The summed E-state index contributed by atoms with van der Waals surface area (Å²) >= 11 is 0. The van der Waals surface area contributed by atoms with Crippen LogP contribution in [0, 0.1) is 0 Å². The van der Waals surface area contributed by atoms with E-state index in [1.165, 1.54) is 0 Å². The number of hydrogen-bond donors (Lipinski definition) is 2. The number of nitrogens with zero attached hydrogens (tertiary/aromatic N) is 4. The Morgan fingerprint density at radius 3 is 2.84 bits per heavy atom. The number of anilines is 1. The third kappa shape index (κ3) is 3.81. The molecule has 164 valence electrons. The number of amides is 3. The van der Waals surface area contributed by atoms with E-state index < -0.39 is 6.04 Å². The lowest BCUT2D eigenvalue weighted by molar-refractivity contribution is -0.132. The molecule has 9 nitrogen and oxygen atoms in total. The molecule has 3 aromatic rings. The van der Waals surface area contributed by atoms with Crippen molar-refractivity contribution in [2.24, 2.45) is 0 Å². The highest BCUT2D eigenvalue weighted by atomic mass is 16.2. The lowest BCUT2D eigenvalue weighted by Gasteiger charge is -2.32. The van der Waals surface area contributed by atoms with Crippen molar-refractivity contribution in [3.05, 3.63) is 60.0 Å². The molecule has 32 heavy (non-hydrogen) atoms. The average Bonchev–Trinajstić information content (AvgIpc) is 3.21. The van der Waals surface area contributed by atoms with Gasteiger partial charge < -0.3 is 15.5 Å². The highest BCUT2D eigenvalue weighted by Crippen LogP contribution is 2.27. The number of aromatic nitrogens is 3. The minimum absolute atomic E-state index is 0.0210. The molecule has 0 aliphatic carbocycles. The number of benzene rings is 1. The highest BCUT2D eigenvalue weighted by molar-refractivity contribution is 6.09. The van der Waals surface area contributed by atoms with Gasteiger partial charge in [0.15, 0.2) is 5.65 Å². The SMILES string of the molecule is O=C1NC(CCC(=O)N2CCCC(c3nnc4ccccn34)C2)C(=O)Nc2ccccc21. The normalized spacial score (nSPS) is 20.9. The van der Waals surface area contributed by atoms with Crippen molar-refractivity contribution >= 4 is 29.1 Å². The first-order chi connectivity index (χ1) is 15.6. The molecular formula is C23H24N6O3. The van der Waals surface area contributed by atoms with Crippen LogP contribution in [0.1, 0.15) is 47.8 Å². The first-order valence-electron chi connectivity index (χ1n) is 10.9. The fourth-order valence-electron chi connectivity index (χ4n) is 4.49. The smallest absolute Gasteiger partial charge is 0.254 e. The lowest BCUT2D eigenvalue weighted by Crippen LogP contribution is -2.43. The Morgan fingerprint density at radius 2 is 1.94 bits per heavy atom. The maximum absolute atomic E-state index is 13.0. The topological polar surface area (TPSA) is 109 Å². The summed E-state index contributed by atoms with van der Waals surface area (Å²) in [5, 5.41) is 14.1. The Balaban J connectivity index is 1.22. The third-order valence-electron chi connectivity index (χ3n) is 6.18. The van der Waals surface area contributed by atoms with Crippen LogP contribution in [-0.4, -0.2) is 56.4 Å². The summed E-state index contributed by atoms with van der Waals surface area (Å²) in [5.41, 5.74) is 1.71. The van der Waals surface area contributed by atoms with Crippen LogP contribution in [0.5, 0.6) is 0 Å². The molecule has 0 saturated carbocycles. The number of pyridine rings is 1. The van der Waals surface area contributed by atoms with E-state index in [1.807, 2.05) is 33.7 Å². The van der Waals surface area contributed by atoms with E-state index in [0.29, 0.717) is 24.3 Å². The van der Waals surface area contributed by atoms with E-state index in [2.05, 4.69) is 20.8 Å². The second kappa shape index (κ2) is 8.41. The molecule has 1 fully saturated rings. The Labute approximate surface area is 184 Å². The summed E-state index contributed by atoms with van der Waals surface area (Å²) in [6.07, 6.45) is 4.20. The van der Waals surface area contributed by atoms with Crippen LogP contribution in [0.25, 0.3) is 5.65 Å². The number of carbonyl (C=O) groups is 3. The zero-order chi connectivity index (χ0) is 22.1. The van der Waals surface area contributed by atoms with Gasteiger partial charge in [-0.15, -0.1) is 10.2 Å². The molecule has 0 spiro atoms. The zero-order valence-electron chi connectivity index (χ0n) is 17.5. The number of piperidine rings is 1. The molecule has 0 radical (unpaired) electrons. The first kappa shape index (κ1) is 20.2. The Kier molecular flexibility index (Phi) is 5.30. The second-order valence-corrected chi connectivity index (χ2v) is 8.27. The molecule has 2 aliphatic heterocycles. The molecule has 5 rings (SSSR count). The summed E-state index contributed by atoms with van der Waals surface area (Å²) in [4.78, 5) is 39.8. The minimum Gasteiger partial charge on any atom is -0.342 e. The van der Waals surface area contributed by atoms with Crippen molar-refractivity contribution in [1.29, 1.82) is 0 Å². The summed E-state index contributed by atoms with van der Waals surface area (Å²) < 4.78 is 1.97. The molecule has 2 N–H and O–H groups in total. The molecule has 9 heteroatoms. The predicted molar refractivity (Wildman–Crippen MR) is 117 cm³/mol. The van der Waals surface area contributed by atoms with Crippen molar-refractivity contribution in [2.75, 3.05) is 18.4 Å². The van der Waals surface area contributed by atoms with E-state index in [-0.39, 0.29) is 36.5 Å². The van der Waals surface area contributed by atoms with Gasteiger partial charge in [0.25, 0.3) is 5.91 Å².